The van der Waals surface area contributed by atoms with Gasteiger partial charge in [-0.2, -0.15) is 0 Å². The van der Waals surface area contributed by atoms with Gasteiger partial charge < -0.3 is 9.64 Å². The number of sulfonamides is 1. The largest absolute Gasteiger partial charge is 0.372 e. The summed E-state index contributed by atoms with van der Waals surface area (Å²) in [6, 6.07) is 5.05. The Hall–Kier alpha value is -1.60. The Bertz CT molecular complexity index is 662. The van der Waals surface area contributed by atoms with Crippen molar-refractivity contribution in [3.05, 3.63) is 29.3 Å². The predicted molar refractivity (Wildman–Crippen MR) is 85.6 cm³/mol. The number of carbonyl (C=O) groups excluding carboxylic acids is 1. The highest BCUT2D eigenvalue weighted by molar-refractivity contribution is 7.92. The van der Waals surface area contributed by atoms with Crippen molar-refractivity contribution in [2.24, 2.45) is 0 Å². The Morgan fingerprint density at radius 2 is 1.86 bits per heavy atom. The van der Waals surface area contributed by atoms with Gasteiger partial charge in [0.05, 0.1) is 24.2 Å². The highest BCUT2D eigenvalue weighted by Crippen LogP contribution is 2.21. The third kappa shape index (κ3) is 4.20. The average Bonchev–Trinajstić information content (AvgIpc) is 2.38. The van der Waals surface area contributed by atoms with Crippen LogP contribution in [0.5, 0.6) is 0 Å². The summed E-state index contributed by atoms with van der Waals surface area (Å²) in [4.78, 5) is 14.4. The van der Waals surface area contributed by atoms with Crippen LogP contribution in [-0.4, -0.2) is 50.8 Å². The molecule has 2 unspecified atom stereocenters. The van der Waals surface area contributed by atoms with Gasteiger partial charge in [-0.05, 0) is 38.5 Å². The van der Waals surface area contributed by atoms with E-state index >= 15 is 0 Å². The molecule has 1 aromatic carbocycles. The van der Waals surface area contributed by atoms with Gasteiger partial charge in [-0.25, -0.2) is 8.42 Å². The molecule has 0 spiro atoms. The van der Waals surface area contributed by atoms with Gasteiger partial charge in [0.2, 0.25) is 10.0 Å². The molecule has 0 bridgehead atoms. The van der Waals surface area contributed by atoms with E-state index in [-0.39, 0.29) is 18.1 Å². The first-order valence-corrected chi connectivity index (χ1v) is 9.08. The Morgan fingerprint density at radius 1 is 1.27 bits per heavy atom. The van der Waals surface area contributed by atoms with E-state index in [1.54, 1.807) is 30.0 Å². The fourth-order valence-electron chi connectivity index (χ4n) is 2.59. The minimum absolute atomic E-state index is 0.00763. The minimum atomic E-state index is -3.38. The maximum absolute atomic E-state index is 12.6. The van der Waals surface area contributed by atoms with Crippen LogP contribution in [0.3, 0.4) is 0 Å². The lowest BCUT2D eigenvalue weighted by Crippen LogP contribution is -2.48. The van der Waals surface area contributed by atoms with Crippen LogP contribution < -0.4 is 4.72 Å². The Kier molecular flexibility index (Phi) is 4.77. The maximum atomic E-state index is 12.6. The van der Waals surface area contributed by atoms with Crippen molar-refractivity contribution in [3.63, 3.8) is 0 Å². The molecule has 7 heteroatoms. The second-order valence-corrected chi connectivity index (χ2v) is 7.62. The number of amides is 1. The van der Waals surface area contributed by atoms with E-state index in [2.05, 4.69) is 4.72 Å². The molecule has 0 radical (unpaired) electrons. The van der Waals surface area contributed by atoms with Crippen molar-refractivity contribution in [3.8, 4) is 0 Å². The molecule has 2 rings (SSSR count). The molecule has 0 aliphatic carbocycles. The molecular formula is C15H22N2O4S. The molecule has 0 aromatic heterocycles. The highest BCUT2D eigenvalue weighted by Gasteiger charge is 2.26. The summed E-state index contributed by atoms with van der Waals surface area (Å²) in [7, 11) is -3.38. The number of ether oxygens (including phenoxy) is 1. The van der Waals surface area contributed by atoms with E-state index in [1.807, 2.05) is 13.8 Å². The van der Waals surface area contributed by atoms with Crippen LogP contribution in [0.4, 0.5) is 5.69 Å². The summed E-state index contributed by atoms with van der Waals surface area (Å²) in [6.45, 7) is 6.72. The number of hydrogen-bond donors (Lipinski definition) is 1. The number of morpholine rings is 1. The van der Waals surface area contributed by atoms with Crippen LogP contribution in [0, 0.1) is 6.92 Å². The second kappa shape index (κ2) is 6.26. The molecule has 22 heavy (non-hydrogen) atoms. The Balaban J connectivity index is 2.25. The molecule has 1 aliphatic heterocycles. The highest BCUT2D eigenvalue weighted by atomic mass is 32.2. The van der Waals surface area contributed by atoms with Crippen molar-refractivity contribution < 1.29 is 17.9 Å². The lowest BCUT2D eigenvalue weighted by molar-refractivity contribution is -0.0586. The average molecular weight is 326 g/mol. The lowest BCUT2D eigenvalue weighted by atomic mass is 10.1. The summed E-state index contributed by atoms with van der Waals surface area (Å²) in [6.07, 6.45) is 1.07. The van der Waals surface area contributed by atoms with Crippen molar-refractivity contribution in [1.29, 1.82) is 0 Å². The standard InChI is InChI=1S/C15H22N2O4S/c1-10-5-6-13(7-14(10)16-22(4,19)20)15(18)17-8-11(2)21-12(3)9-17/h5-7,11-12,16H,8-9H2,1-4H3. The fourth-order valence-corrected chi connectivity index (χ4v) is 3.21. The lowest BCUT2D eigenvalue weighted by Gasteiger charge is -2.35. The van der Waals surface area contributed by atoms with Crippen LogP contribution >= 0.6 is 0 Å². The maximum Gasteiger partial charge on any atom is 0.254 e. The summed E-state index contributed by atoms with van der Waals surface area (Å²) in [5, 5.41) is 0. The molecular weight excluding hydrogens is 304 g/mol. The molecule has 2 atom stereocenters. The van der Waals surface area contributed by atoms with Gasteiger partial charge in [0, 0.05) is 18.7 Å². The van der Waals surface area contributed by atoms with Crippen LogP contribution in [-0.2, 0) is 14.8 Å². The SMILES string of the molecule is Cc1ccc(C(=O)N2CC(C)OC(C)C2)cc1NS(C)(=O)=O. The Morgan fingerprint density at radius 3 is 2.41 bits per heavy atom. The quantitative estimate of drug-likeness (QED) is 0.916. The van der Waals surface area contributed by atoms with Gasteiger partial charge in [-0.3, -0.25) is 9.52 Å². The smallest absolute Gasteiger partial charge is 0.254 e. The predicted octanol–water partition coefficient (Wildman–Crippen LogP) is 1.62. The number of nitrogens with zero attached hydrogens (tertiary/aromatic N) is 1. The number of rotatable bonds is 3. The van der Waals surface area contributed by atoms with E-state index in [4.69, 9.17) is 4.74 Å². The second-order valence-electron chi connectivity index (χ2n) is 5.87. The van der Waals surface area contributed by atoms with Gasteiger partial charge >= 0.3 is 0 Å². The third-order valence-corrected chi connectivity index (χ3v) is 4.08. The molecule has 1 N–H and O–H groups in total. The summed E-state index contributed by atoms with van der Waals surface area (Å²) in [5.41, 5.74) is 1.67. The first-order chi connectivity index (χ1) is 10.2. The van der Waals surface area contributed by atoms with Gasteiger partial charge in [0.25, 0.3) is 5.91 Å². The number of aryl methyl sites for hydroxylation is 1. The van der Waals surface area contributed by atoms with Crippen LogP contribution in [0.15, 0.2) is 18.2 Å². The summed E-state index contributed by atoms with van der Waals surface area (Å²) >= 11 is 0. The molecule has 122 valence electrons. The van der Waals surface area contributed by atoms with Crippen molar-refractivity contribution >= 4 is 21.6 Å². The zero-order chi connectivity index (χ0) is 16.5. The van der Waals surface area contributed by atoms with Gasteiger partial charge in [0.1, 0.15) is 0 Å². The zero-order valence-corrected chi connectivity index (χ0v) is 14.1. The first kappa shape index (κ1) is 16.8. The monoisotopic (exact) mass is 326 g/mol. The molecule has 1 aliphatic rings. The Labute approximate surface area is 131 Å². The van der Waals surface area contributed by atoms with Crippen LogP contribution in [0.1, 0.15) is 29.8 Å². The fraction of sp³-hybridized carbons (Fsp3) is 0.533. The topological polar surface area (TPSA) is 75.7 Å². The summed E-state index contributed by atoms with van der Waals surface area (Å²) < 4.78 is 30.9. The van der Waals surface area contributed by atoms with Crippen molar-refractivity contribution in [2.45, 2.75) is 33.0 Å². The first-order valence-electron chi connectivity index (χ1n) is 7.19. The molecule has 1 saturated heterocycles. The molecule has 0 saturated carbocycles. The molecule has 1 amide bonds. The number of nitrogens with one attached hydrogen (secondary N) is 1. The number of benzene rings is 1. The van der Waals surface area contributed by atoms with Crippen LogP contribution in [0.2, 0.25) is 0 Å². The molecule has 1 fully saturated rings. The molecule has 1 heterocycles. The number of anilines is 1. The van der Waals surface area contributed by atoms with E-state index in [0.29, 0.717) is 24.3 Å². The summed E-state index contributed by atoms with van der Waals surface area (Å²) in [5.74, 6) is -0.112. The molecule has 6 nitrogen and oxygen atoms in total. The number of hydrogen-bond acceptors (Lipinski definition) is 4. The van der Waals surface area contributed by atoms with E-state index < -0.39 is 10.0 Å². The van der Waals surface area contributed by atoms with E-state index in [9.17, 15) is 13.2 Å². The van der Waals surface area contributed by atoms with Crippen molar-refractivity contribution in [1.82, 2.24) is 4.90 Å². The van der Waals surface area contributed by atoms with Gasteiger partial charge in [-0.1, -0.05) is 6.07 Å². The zero-order valence-electron chi connectivity index (χ0n) is 13.3. The molecule has 1 aromatic rings. The minimum Gasteiger partial charge on any atom is -0.372 e. The van der Waals surface area contributed by atoms with Gasteiger partial charge in [0.15, 0.2) is 0 Å². The van der Waals surface area contributed by atoms with Crippen LogP contribution in [0.25, 0.3) is 0 Å². The third-order valence-electron chi connectivity index (χ3n) is 3.49. The normalized spacial score (nSPS) is 22.5. The van der Waals surface area contributed by atoms with Gasteiger partial charge in [-0.15, -0.1) is 0 Å². The number of carbonyl (C=O) groups is 1. The van der Waals surface area contributed by atoms with Crippen molar-refractivity contribution in [2.75, 3.05) is 24.1 Å². The van der Waals surface area contributed by atoms with E-state index in [0.717, 1.165) is 11.8 Å². The van der Waals surface area contributed by atoms with E-state index in [1.165, 1.54) is 0 Å².